The molecule has 0 aliphatic rings. The van der Waals surface area contributed by atoms with Gasteiger partial charge in [0.2, 0.25) is 5.91 Å². The van der Waals surface area contributed by atoms with Crippen LogP contribution in [-0.4, -0.2) is 23.3 Å². The molecule has 22 heavy (non-hydrogen) atoms. The lowest BCUT2D eigenvalue weighted by molar-refractivity contribution is -0.113. The zero-order valence-corrected chi connectivity index (χ0v) is 13.5. The van der Waals surface area contributed by atoms with Gasteiger partial charge in [0.15, 0.2) is 0 Å². The second-order valence-electron chi connectivity index (χ2n) is 4.05. The lowest BCUT2D eigenvalue weighted by atomic mass is 10.3. The number of pyridine rings is 1. The van der Waals surface area contributed by atoms with E-state index >= 15 is 0 Å². The molecule has 0 spiro atoms. The summed E-state index contributed by atoms with van der Waals surface area (Å²) in [6.07, 6.45) is 1.65. The number of rotatable bonds is 6. The number of ether oxygens (including phenoxy) is 1. The summed E-state index contributed by atoms with van der Waals surface area (Å²) in [5.74, 6) is 0.0304. The maximum absolute atomic E-state index is 12.0. The van der Waals surface area contributed by atoms with Crippen LogP contribution in [0.4, 0.5) is 14.5 Å². The van der Waals surface area contributed by atoms with Crippen molar-refractivity contribution >= 4 is 39.3 Å². The Bertz CT molecular complexity index is 624. The average Bonchev–Trinajstić information content (AvgIpc) is 2.48. The minimum Gasteiger partial charge on any atom is -0.435 e. The van der Waals surface area contributed by atoms with Crippen LogP contribution < -0.4 is 10.1 Å². The molecule has 1 aromatic heterocycles. The highest BCUT2D eigenvalue weighted by atomic mass is 79.9. The number of alkyl halides is 2. The zero-order valence-electron chi connectivity index (χ0n) is 11.1. The quantitative estimate of drug-likeness (QED) is 0.754. The molecule has 1 heterocycles. The van der Waals surface area contributed by atoms with Crippen LogP contribution in [0.25, 0.3) is 0 Å². The van der Waals surface area contributed by atoms with E-state index in [1.165, 1.54) is 36.0 Å². The molecule has 2 aromatic rings. The number of carbonyl (C=O) groups excluding carboxylic acids is 1. The van der Waals surface area contributed by atoms with Gasteiger partial charge < -0.3 is 10.1 Å². The summed E-state index contributed by atoms with van der Waals surface area (Å²) in [7, 11) is 0. The summed E-state index contributed by atoms with van der Waals surface area (Å²) < 4.78 is 29.1. The molecule has 2 rings (SSSR count). The number of nitrogens with zero attached hydrogens (tertiary/aromatic N) is 1. The molecule has 0 atom stereocenters. The van der Waals surface area contributed by atoms with Gasteiger partial charge >= 0.3 is 6.61 Å². The summed E-state index contributed by atoms with van der Waals surface area (Å²) in [5.41, 5.74) is 0.510. The molecule has 0 fully saturated rings. The van der Waals surface area contributed by atoms with Crippen LogP contribution in [0.3, 0.4) is 0 Å². The van der Waals surface area contributed by atoms with E-state index in [2.05, 4.69) is 31.0 Å². The van der Waals surface area contributed by atoms with Crippen LogP contribution in [0.2, 0.25) is 0 Å². The van der Waals surface area contributed by atoms with E-state index in [1.807, 2.05) is 6.07 Å². The first-order valence-corrected chi connectivity index (χ1v) is 7.90. The molecule has 4 nitrogen and oxygen atoms in total. The molecule has 0 unspecified atom stereocenters. The molecule has 8 heteroatoms. The SMILES string of the molecule is O=C(CSc1ccc(Br)cn1)Nc1ccc(OC(F)F)cc1. The largest absolute Gasteiger partial charge is 0.435 e. The number of amides is 1. The van der Waals surface area contributed by atoms with Gasteiger partial charge in [-0.1, -0.05) is 11.8 Å². The third-order valence-electron chi connectivity index (χ3n) is 2.41. The highest BCUT2D eigenvalue weighted by molar-refractivity contribution is 9.10. The van der Waals surface area contributed by atoms with Crippen LogP contribution in [-0.2, 0) is 4.79 Å². The summed E-state index contributed by atoms with van der Waals surface area (Å²) in [6, 6.07) is 9.38. The number of hydrogen-bond donors (Lipinski definition) is 1. The fraction of sp³-hybridized carbons (Fsp3) is 0.143. The number of halogens is 3. The van der Waals surface area contributed by atoms with Crippen molar-refractivity contribution in [2.75, 3.05) is 11.1 Å². The maximum atomic E-state index is 12.0. The Balaban J connectivity index is 1.82. The second-order valence-corrected chi connectivity index (χ2v) is 5.97. The second kappa shape index (κ2) is 8.09. The molecule has 1 amide bonds. The van der Waals surface area contributed by atoms with Crippen molar-refractivity contribution in [2.45, 2.75) is 11.6 Å². The molecule has 1 aromatic carbocycles. The fourth-order valence-electron chi connectivity index (χ4n) is 1.50. The predicted octanol–water partition coefficient (Wildman–Crippen LogP) is 4.18. The third-order valence-corrected chi connectivity index (χ3v) is 3.83. The van der Waals surface area contributed by atoms with E-state index in [4.69, 9.17) is 0 Å². The van der Waals surface area contributed by atoms with E-state index in [0.29, 0.717) is 5.69 Å². The van der Waals surface area contributed by atoms with Crippen LogP contribution in [0.1, 0.15) is 0 Å². The number of thioether (sulfide) groups is 1. The lowest BCUT2D eigenvalue weighted by Gasteiger charge is -2.07. The molecular formula is C14H11BrF2N2O2S. The van der Waals surface area contributed by atoms with Gasteiger partial charge in [-0.2, -0.15) is 8.78 Å². The summed E-state index contributed by atoms with van der Waals surface area (Å²) >= 11 is 4.58. The minimum atomic E-state index is -2.87. The molecule has 0 saturated carbocycles. The minimum absolute atomic E-state index is 0.0430. The van der Waals surface area contributed by atoms with Crippen molar-refractivity contribution in [1.29, 1.82) is 0 Å². The Hall–Kier alpha value is -1.67. The van der Waals surface area contributed by atoms with E-state index in [-0.39, 0.29) is 17.4 Å². The van der Waals surface area contributed by atoms with Gasteiger partial charge in [-0.25, -0.2) is 4.98 Å². The molecule has 0 radical (unpaired) electrons. The van der Waals surface area contributed by atoms with E-state index in [9.17, 15) is 13.6 Å². The highest BCUT2D eigenvalue weighted by Crippen LogP contribution is 2.20. The van der Waals surface area contributed by atoms with Crippen LogP contribution in [0.15, 0.2) is 52.1 Å². The normalized spacial score (nSPS) is 10.5. The Labute approximate surface area is 138 Å². The summed E-state index contributed by atoms with van der Waals surface area (Å²) in [5, 5.41) is 3.40. The van der Waals surface area contributed by atoms with Crippen LogP contribution in [0, 0.1) is 0 Å². The molecule has 0 aliphatic heterocycles. The first-order chi connectivity index (χ1) is 10.5. The first-order valence-electron chi connectivity index (χ1n) is 6.12. The molecular weight excluding hydrogens is 378 g/mol. The predicted molar refractivity (Wildman–Crippen MR) is 84.4 cm³/mol. The van der Waals surface area contributed by atoms with Gasteiger partial charge in [0.25, 0.3) is 0 Å². The number of nitrogens with one attached hydrogen (secondary N) is 1. The summed E-state index contributed by atoms with van der Waals surface area (Å²) in [4.78, 5) is 15.9. The van der Waals surface area contributed by atoms with E-state index < -0.39 is 6.61 Å². The number of anilines is 1. The molecule has 0 bridgehead atoms. The van der Waals surface area contributed by atoms with Gasteiger partial charge in [0, 0.05) is 16.4 Å². The van der Waals surface area contributed by atoms with Gasteiger partial charge in [-0.3, -0.25) is 4.79 Å². The van der Waals surface area contributed by atoms with Crippen molar-refractivity contribution in [3.63, 3.8) is 0 Å². The highest BCUT2D eigenvalue weighted by Gasteiger charge is 2.06. The van der Waals surface area contributed by atoms with Gasteiger partial charge in [-0.15, -0.1) is 0 Å². The zero-order chi connectivity index (χ0) is 15.9. The van der Waals surface area contributed by atoms with Crippen molar-refractivity contribution < 1.29 is 18.3 Å². The van der Waals surface area contributed by atoms with Gasteiger partial charge in [0.05, 0.1) is 10.8 Å². The Morgan fingerprint density at radius 2 is 2.00 bits per heavy atom. The summed E-state index contributed by atoms with van der Waals surface area (Å²) in [6.45, 7) is -2.87. The first kappa shape index (κ1) is 16.7. The number of carbonyl (C=O) groups is 1. The van der Waals surface area contributed by atoms with Crippen molar-refractivity contribution in [1.82, 2.24) is 4.98 Å². The number of benzene rings is 1. The topological polar surface area (TPSA) is 51.2 Å². The van der Waals surface area contributed by atoms with Crippen molar-refractivity contribution in [3.8, 4) is 5.75 Å². The van der Waals surface area contributed by atoms with Gasteiger partial charge in [-0.05, 0) is 52.3 Å². The molecule has 0 saturated heterocycles. The van der Waals surface area contributed by atoms with Crippen molar-refractivity contribution in [3.05, 3.63) is 47.1 Å². The molecule has 1 N–H and O–H groups in total. The van der Waals surface area contributed by atoms with E-state index in [0.717, 1.165) is 9.50 Å². The van der Waals surface area contributed by atoms with E-state index in [1.54, 1.807) is 12.3 Å². The Kier molecular flexibility index (Phi) is 6.14. The van der Waals surface area contributed by atoms with Crippen LogP contribution >= 0.6 is 27.7 Å². The van der Waals surface area contributed by atoms with Crippen molar-refractivity contribution in [2.24, 2.45) is 0 Å². The molecule has 0 aliphatic carbocycles. The molecule has 116 valence electrons. The van der Waals surface area contributed by atoms with Crippen LogP contribution in [0.5, 0.6) is 5.75 Å². The number of hydrogen-bond acceptors (Lipinski definition) is 4. The lowest BCUT2D eigenvalue weighted by Crippen LogP contribution is -2.14. The Morgan fingerprint density at radius 3 is 2.59 bits per heavy atom. The Morgan fingerprint density at radius 1 is 1.27 bits per heavy atom. The number of aromatic nitrogens is 1. The average molecular weight is 389 g/mol. The van der Waals surface area contributed by atoms with Gasteiger partial charge in [0.1, 0.15) is 5.75 Å². The third kappa shape index (κ3) is 5.61. The standard InChI is InChI=1S/C14H11BrF2N2O2S/c15-9-1-6-13(18-7-9)22-8-12(20)19-10-2-4-11(5-3-10)21-14(16)17/h1-7,14H,8H2,(H,19,20). The smallest absolute Gasteiger partial charge is 0.387 e. The monoisotopic (exact) mass is 388 g/mol. The maximum Gasteiger partial charge on any atom is 0.387 e. The fourth-order valence-corrected chi connectivity index (χ4v) is 2.38.